The number of hydrogen-bond acceptors (Lipinski definition) is 3. The second kappa shape index (κ2) is 7.99. The van der Waals surface area contributed by atoms with Crippen molar-refractivity contribution in [2.45, 2.75) is 18.9 Å². The molecule has 24 heavy (non-hydrogen) atoms. The van der Waals surface area contributed by atoms with Gasteiger partial charge in [0, 0.05) is 45.3 Å². The van der Waals surface area contributed by atoms with E-state index in [1.54, 1.807) is 0 Å². The van der Waals surface area contributed by atoms with Crippen molar-refractivity contribution in [2.75, 3.05) is 53.4 Å². The van der Waals surface area contributed by atoms with E-state index in [4.69, 9.17) is 0 Å². The van der Waals surface area contributed by atoms with E-state index < -0.39 is 0 Å². The molecule has 2 aliphatic rings. The topological polar surface area (TPSA) is 38.8 Å². The minimum atomic E-state index is 0.104. The van der Waals surface area contributed by atoms with Crippen LogP contribution in [0.15, 0.2) is 30.3 Å². The van der Waals surface area contributed by atoms with Crippen LogP contribution in [0, 0.1) is 5.92 Å². The SMILES string of the molecule is CN1CCN(C)C(CNC(=O)N2CCC(Cc3ccccc3)C2)C1. The van der Waals surface area contributed by atoms with E-state index in [0.717, 1.165) is 52.1 Å². The van der Waals surface area contributed by atoms with Crippen molar-refractivity contribution >= 4 is 6.03 Å². The molecule has 5 nitrogen and oxygen atoms in total. The smallest absolute Gasteiger partial charge is 0.317 e. The molecular formula is C19H30N4O. The summed E-state index contributed by atoms with van der Waals surface area (Å²) in [5.74, 6) is 0.585. The van der Waals surface area contributed by atoms with Crippen LogP contribution in [-0.4, -0.2) is 80.1 Å². The van der Waals surface area contributed by atoms with Gasteiger partial charge in [-0.1, -0.05) is 30.3 Å². The number of carbonyl (C=O) groups excluding carboxylic acids is 1. The summed E-state index contributed by atoms with van der Waals surface area (Å²) >= 11 is 0. The van der Waals surface area contributed by atoms with Crippen molar-refractivity contribution < 1.29 is 4.79 Å². The van der Waals surface area contributed by atoms with Gasteiger partial charge in [-0.25, -0.2) is 4.79 Å². The van der Waals surface area contributed by atoms with Crippen LogP contribution in [0.4, 0.5) is 4.79 Å². The molecule has 0 aliphatic carbocycles. The van der Waals surface area contributed by atoms with Gasteiger partial charge in [-0.2, -0.15) is 0 Å². The molecule has 0 radical (unpaired) electrons. The number of rotatable bonds is 4. The lowest BCUT2D eigenvalue weighted by Gasteiger charge is -2.37. The average molecular weight is 330 g/mol. The molecule has 2 amide bonds. The van der Waals surface area contributed by atoms with E-state index >= 15 is 0 Å². The molecular weight excluding hydrogens is 300 g/mol. The number of piperazine rings is 1. The molecule has 0 saturated carbocycles. The number of benzene rings is 1. The molecule has 2 heterocycles. The van der Waals surface area contributed by atoms with Gasteiger partial charge in [-0.3, -0.25) is 4.90 Å². The van der Waals surface area contributed by atoms with E-state index in [0.29, 0.717) is 12.0 Å². The number of amides is 2. The highest BCUT2D eigenvalue weighted by Gasteiger charge is 2.28. The van der Waals surface area contributed by atoms with Gasteiger partial charge >= 0.3 is 6.03 Å². The first-order chi connectivity index (χ1) is 11.6. The summed E-state index contributed by atoms with van der Waals surface area (Å²) in [6.45, 7) is 5.69. The third kappa shape index (κ3) is 4.48. The van der Waals surface area contributed by atoms with Crippen LogP contribution in [0.3, 0.4) is 0 Å². The van der Waals surface area contributed by atoms with Gasteiger partial charge in [-0.15, -0.1) is 0 Å². The van der Waals surface area contributed by atoms with E-state index in [9.17, 15) is 4.79 Å². The number of hydrogen-bond donors (Lipinski definition) is 1. The van der Waals surface area contributed by atoms with Crippen LogP contribution in [0.2, 0.25) is 0 Å². The van der Waals surface area contributed by atoms with Crippen LogP contribution in [0.1, 0.15) is 12.0 Å². The maximum atomic E-state index is 12.5. The van der Waals surface area contributed by atoms with Crippen LogP contribution in [0.25, 0.3) is 0 Å². The normalized spacial score (nSPS) is 25.8. The fourth-order valence-corrected chi connectivity index (χ4v) is 3.77. The van der Waals surface area contributed by atoms with E-state index in [1.807, 2.05) is 4.90 Å². The van der Waals surface area contributed by atoms with Gasteiger partial charge in [0.1, 0.15) is 0 Å². The zero-order chi connectivity index (χ0) is 16.9. The minimum Gasteiger partial charge on any atom is -0.336 e. The standard InChI is InChI=1S/C19H30N4O/c1-21-10-11-22(2)18(15-21)13-20-19(24)23-9-8-17(14-23)12-16-6-4-3-5-7-16/h3-7,17-18H,8-15H2,1-2H3,(H,20,24). The van der Waals surface area contributed by atoms with Crippen LogP contribution in [-0.2, 0) is 6.42 Å². The molecule has 2 atom stereocenters. The Morgan fingerprint density at radius 1 is 1.12 bits per heavy atom. The fraction of sp³-hybridized carbons (Fsp3) is 0.632. The lowest BCUT2D eigenvalue weighted by atomic mass is 9.99. The third-order valence-electron chi connectivity index (χ3n) is 5.41. The largest absolute Gasteiger partial charge is 0.336 e. The summed E-state index contributed by atoms with van der Waals surface area (Å²) < 4.78 is 0. The van der Waals surface area contributed by atoms with Crippen molar-refractivity contribution in [3.05, 3.63) is 35.9 Å². The van der Waals surface area contributed by atoms with Gasteiger partial charge < -0.3 is 15.1 Å². The summed E-state index contributed by atoms with van der Waals surface area (Å²) in [5.41, 5.74) is 1.37. The predicted molar refractivity (Wildman–Crippen MR) is 97.1 cm³/mol. The number of urea groups is 1. The van der Waals surface area contributed by atoms with Crippen molar-refractivity contribution in [1.29, 1.82) is 0 Å². The Labute approximate surface area is 145 Å². The molecule has 132 valence electrons. The van der Waals surface area contributed by atoms with E-state index in [-0.39, 0.29) is 6.03 Å². The fourth-order valence-electron chi connectivity index (χ4n) is 3.77. The average Bonchev–Trinajstić information content (AvgIpc) is 3.05. The maximum Gasteiger partial charge on any atom is 0.317 e. The van der Waals surface area contributed by atoms with Gasteiger partial charge in [-0.05, 0) is 38.4 Å². The van der Waals surface area contributed by atoms with Crippen molar-refractivity contribution in [2.24, 2.45) is 5.92 Å². The van der Waals surface area contributed by atoms with Gasteiger partial charge in [0.2, 0.25) is 0 Å². The first-order valence-electron chi connectivity index (χ1n) is 9.07. The molecule has 1 aromatic carbocycles. The minimum absolute atomic E-state index is 0.104. The van der Waals surface area contributed by atoms with E-state index in [1.165, 1.54) is 5.56 Å². The molecule has 3 rings (SSSR count). The first-order valence-corrected chi connectivity index (χ1v) is 9.07. The summed E-state index contributed by atoms with van der Waals surface area (Å²) in [4.78, 5) is 19.1. The maximum absolute atomic E-state index is 12.5. The molecule has 1 N–H and O–H groups in total. The van der Waals surface area contributed by atoms with Gasteiger partial charge in [0.05, 0.1) is 0 Å². The monoisotopic (exact) mass is 330 g/mol. The van der Waals surface area contributed by atoms with Crippen LogP contribution >= 0.6 is 0 Å². The first kappa shape index (κ1) is 17.2. The Balaban J connectivity index is 1.43. The van der Waals surface area contributed by atoms with Crippen LogP contribution in [0.5, 0.6) is 0 Å². The summed E-state index contributed by atoms with van der Waals surface area (Å²) in [7, 11) is 4.30. The number of nitrogens with zero attached hydrogens (tertiary/aromatic N) is 3. The molecule has 2 aliphatic heterocycles. The predicted octanol–water partition coefficient (Wildman–Crippen LogP) is 1.51. The third-order valence-corrected chi connectivity index (χ3v) is 5.41. The Kier molecular flexibility index (Phi) is 5.74. The lowest BCUT2D eigenvalue weighted by Crippen LogP contribution is -2.55. The Hall–Kier alpha value is -1.59. The van der Waals surface area contributed by atoms with Gasteiger partial charge in [0.15, 0.2) is 0 Å². The van der Waals surface area contributed by atoms with Crippen LogP contribution < -0.4 is 5.32 Å². The number of likely N-dealkylation sites (N-methyl/N-ethyl adjacent to an activating group) is 2. The van der Waals surface area contributed by atoms with Crippen molar-refractivity contribution in [3.8, 4) is 0 Å². The zero-order valence-electron chi connectivity index (χ0n) is 14.9. The second-order valence-electron chi connectivity index (χ2n) is 7.37. The van der Waals surface area contributed by atoms with Gasteiger partial charge in [0.25, 0.3) is 0 Å². The second-order valence-corrected chi connectivity index (χ2v) is 7.37. The summed E-state index contributed by atoms with van der Waals surface area (Å²) in [6.07, 6.45) is 2.18. The highest BCUT2D eigenvalue weighted by atomic mass is 16.2. The molecule has 2 fully saturated rings. The molecule has 5 heteroatoms. The van der Waals surface area contributed by atoms with E-state index in [2.05, 4.69) is 59.5 Å². The number of carbonyl (C=O) groups is 1. The molecule has 0 bridgehead atoms. The zero-order valence-corrected chi connectivity index (χ0v) is 14.9. The highest BCUT2D eigenvalue weighted by molar-refractivity contribution is 5.74. The molecule has 0 aromatic heterocycles. The summed E-state index contributed by atoms with van der Waals surface area (Å²) in [5, 5.41) is 3.15. The highest BCUT2D eigenvalue weighted by Crippen LogP contribution is 2.20. The number of likely N-dealkylation sites (tertiary alicyclic amines) is 1. The number of nitrogens with one attached hydrogen (secondary N) is 1. The Morgan fingerprint density at radius 2 is 1.92 bits per heavy atom. The quantitative estimate of drug-likeness (QED) is 0.909. The van der Waals surface area contributed by atoms with Crippen molar-refractivity contribution in [3.63, 3.8) is 0 Å². The Morgan fingerprint density at radius 3 is 2.71 bits per heavy atom. The summed E-state index contributed by atoms with van der Waals surface area (Å²) in [6, 6.07) is 11.1. The molecule has 0 spiro atoms. The molecule has 2 saturated heterocycles. The molecule has 2 unspecified atom stereocenters. The lowest BCUT2D eigenvalue weighted by molar-refractivity contribution is 0.113. The molecule has 1 aromatic rings. The van der Waals surface area contributed by atoms with Crippen molar-refractivity contribution in [1.82, 2.24) is 20.0 Å². The Bertz CT molecular complexity index is 535.